The minimum Gasteiger partial charge on any atom is -0.494 e. The van der Waals surface area contributed by atoms with Crippen LogP contribution in [-0.4, -0.2) is 24.7 Å². The van der Waals surface area contributed by atoms with E-state index >= 15 is 0 Å². The predicted octanol–water partition coefficient (Wildman–Crippen LogP) is 1.02. The lowest BCUT2D eigenvalue weighted by Gasteiger charge is -2.06. The van der Waals surface area contributed by atoms with E-state index in [1.165, 1.54) is 13.2 Å². The third-order valence-electron chi connectivity index (χ3n) is 1.86. The van der Waals surface area contributed by atoms with Crippen LogP contribution in [0.4, 0.5) is 5.69 Å². The van der Waals surface area contributed by atoms with Crippen LogP contribution in [0.2, 0.25) is 0 Å². The van der Waals surface area contributed by atoms with E-state index in [1.807, 2.05) is 0 Å². The lowest BCUT2D eigenvalue weighted by molar-refractivity contribution is 0.100. The van der Waals surface area contributed by atoms with Crippen molar-refractivity contribution in [3.05, 3.63) is 23.8 Å². The molecule has 1 aromatic carbocycles. The number of hydrogen-bond donors (Lipinski definition) is 2. The van der Waals surface area contributed by atoms with Crippen LogP contribution in [0.3, 0.4) is 0 Å². The molecule has 0 radical (unpaired) electrons. The second-order valence-corrected chi connectivity index (χ2v) is 3.25. The first kappa shape index (κ1) is 12.3. The van der Waals surface area contributed by atoms with E-state index in [0.29, 0.717) is 17.0 Å². The van der Waals surface area contributed by atoms with Crippen molar-refractivity contribution in [2.45, 2.75) is 0 Å². The number of aliphatic imine (C=N–C) groups is 1. The third-order valence-corrected chi connectivity index (χ3v) is 2.14. The van der Waals surface area contributed by atoms with Crippen molar-refractivity contribution in [1.29, 1.82) is 0 Å². The zero-order chi connectivity index (χ0) is 12.1. The molecule has 1 amide bonds. The molecule has 1 rings (SSSR count). The van der Waals surface area contributed by atoms with Crippen molar-refractivity contribution in [1.82, 2.24) is 0 Å². The van der Waals surface area contributed by atoms with Gasteiger partial charge in [-0.2, -0.15) is 0 Å². The zero-order valence-corrected chi connectivity index (χ0v) is 9.49. The van der Waals surface area contributed by atoms with Gasteiger partial charge in [0.25, 0.3) is 0 Å². The molecule has 0 spiro atoms. The molecule has 0 aliphatic carbocycles. The van der Waals surface area contributed by atoms with Crippen molar-refractivity contribution in [2.75, 3.05) is 13.0 Å². The molecule has 0 saturated carbocycles. The highest BCUT2D eigenvalue weighted by atomic mass is 35.5. The van der Waals surface area contributed by atoms with Gasteiger partial charge in [0.1, 0.15) is 17.3 Å². The lowest BCUT2D eigenvalue weighted by atomic mass is 10.2. The standard InChI is InChI=1S/C10H12ClN3O2/c1-16-8-3-2-6(10(13)15)4-7(8)14-9(12)5-11/h2-4H,5H2,1H3,(H2,12,14)(H2,13,15). The molecule has 0 heterocycles. The fraction of sp³-hybridized carbons (Fsp3) is 0.200. The molecule has 86 valence electrons. The molecule has 5 nitrogen and oxygen atoms in total. The van der Waals surface area contributed by atoms with Crippen LogP contribution >= 0.6 is 11.6 Å². The number of methoxy groups -OCH3 is 1. The molecular weight excluding hydrogens is 230 g/mol. The molecule has 4 N–H and O–H groups in total. The number of rotatable bonds is 4. The van der Waals surface area contributed by atoms with Crippen LogP contribution in [0, 0.1) is 0 Å². The number of carbonyl (C=O) groups excluding carboxylic acids is 1. The highest BCUT2D eigenvalue weighted by Gasteiger charge is 2.07. The molecule has 0 aromatic heterocycles. The maximum atomic E-state index is 11.0. The van der Waals surface area contributed by atoms with Crippen LogP contribution in [0.1, 0.15) is 10.4 Å². The van der Waals surface area contributed by atoms with Gasteiger partial charge in [-0.15, -0.1) is 11.6 Å². The molecule has 16 heavy (non-hydrogen) atoms. The monoisotopic (exact) mass is 241 g/mol. The van der Waals surface area contributed by atoms with Crippen molar-refractivity contribution in [3.63, 3.8) is 0 Å². The summed E-state index contributed by atoms with van der Waals surface area (Å²) in [6, 6.07) is 4.65. The highest BCUT2D eigenvalue weighted by Crippen LogP contribution is 2.28. The molecule has 0 unspecified atom stereocenters. The molecule has 6 heteroatoms. The number of amides is 1. The Hall–Kier alpha value is -1.75. The minimum atomic E-state index is -0.538. The average molecular weight is 242 g/mol. The Bertz CT molecular complexity index is 432. The molecule has 0 aliphatic heterocycles. The number of alkyl halides is 1. The molecule has 0 bridgehead atoms. The van der Waals surface area contributed by atoms with Gasteiger partial charge < -0.3 is 16.2 Å². The van der Waals surface area contributed by atoms with E-state index in [4.69, 9.17) is 27.8 Å². The Balaban J connectivity index is 3.22. The fourth-order valence-electron chi connectivity index (χ4n) is 1.12. The topological polar surface area (TPSA) is 90.7 Å². The first-order valence-electron chi connectivity index (χ1n) is 4.45. The second kappa shape index (κ2) is 5.37. The minimum absolute atomic E-state index is 0.101. The van der Waals surface area contributed by atoms with Gasteiger partial charge in [0.2, 0.25) is 5.91 Å². The van der Waals surface area contributed by atoms with Gasteiger partial charge in [0.15, 0.2) is 0 Å². The van der Waals surface area contributed by atoms with E-state index in [9.17, 15) is 4.79 Å². The maximum absolute atomic E-state index is 11.0. The summed E-state index contributed by atoms with van der Waals surface area (Å²) >= 11 is 5.51. The highest BCUT2D eigenvalue weighted by molar-refractivity contribution is 6.28. The Kier molecular flexibility index (Phi) is 4.13. The van der Waals surface area contributed by atoms with Crippen molar-refractivity contribution < 1.29 is 9.53 Å². The molecule has 1 aromatic rings. The summed E-state index contributed by atoms with van der Waals surface area (Å²) in [6.07, 6.45) is 0. The van der Waals surface area contributed by atoms with E-state index in [-0.39, 0.29) is 11.7 Å². The predicted molar refractivity (Wildman–Crippen MR) is 63.5 cm³/mol. The quantitative estimate of drug-likeness (QED) is 0.468. The summed E-state index contributed by atoms with van der Waals surface area (Å²) in [5.41, 5.74) is 11.4. The Morgan fingerprint density at radius 2 is 2.19 bits per heavy atom. The average Bonchev–Trinajstić information content (AvgIpc) is 2.28. The number of hydrogen-bond acceptors (Lipinski definition) is 3. The summed E-state index contributed by atoms with van der Waals surface area (Å²) in [5.74, 6) is 0.299. The number of nitrogens with zero attached hydrogens (tertiary/aromatic N) is 1. The first-order chi connectivity index (χ1) is 7.58. The van der Waals surface area contributed by atoms with E-state index in [0.717, 1.165) is 0 Å². The summed E-state index contributed by atoms with van der Waals surface area (Å²) in [5, 5.41) is 0. The normalized spacial score (nSPS) is 11.2. The van der Waals surface area contributed by atoms with Crippen LogP contribution in [0.25, 0.3) is 0 Å². The van der Waals surface area contributed by atoms with Crippen molar-refractivity contribution in [2.24, 2.45) is 16.5 Å². The number of benzene rings is 1. The Morgan fingerprint density at radius 1 is 1.50 bits per heavy atom. The summed E-state index contributed by atoms with van der Waals surface area (Å²) in [7, 11) is 1.50. The zero-order valence-electron chi connectivity index (χ0n) is 8.74. The largest absolute Gasteiger partial charge is 0.494 e. The number of amidine groups is 1. The van der Waals surface area contributed by atoms with Crippen molar-refractivity contribution in [3.8, 4) is 5.75 Å². The van der Waals surface area contributed by atoms with Gasteiger partial charge in [-0.1, -0.05) is 0 Å². The summed E-state index contributed by atoms with van der Waals surface area (Å²) in [4.78, 5) is 15.0. The van der Waals surface area contributed by atoms with Crippen LogP contribution in [-0.2, 0) is 0 Å². The van der Waals surface area contributed by atoms with Crippen LogP contribution in [0.15, 0.2) is 23.2 Å². The maximum Gasteiger partial charge on any atom is 0.248 e. The number of nitrogens with two attached hydrogens (primary N) is 2. The first-order valence-corrected chi connectivity index (χ1v) is 4.98. The molecule has 0 aliphatic rings. The van der Waals surface area contributed by atoms with Gasteiger partial charge in [-0.25, -0.2) is 4.99 Å². The van der Waals surface area contributed by atoms with Crippen molar-refractivity contribution >= 4 is 29.0 Å². The smallest absolute Gasteiger partial charge is 0.248 e. The van der Waals surface area contributed by atoms with Gasteiger partial charge >= 0.3 is 0 Å². The van der Waals surface area contributed by atoms with E-state index in [2.05, 4.69) is 4.99 Å². The SMILES string of the molecule is COc1ccc(C(N)=O)cc1N=C(N)CCl. The molecular formula is C10H12ClN3O2. The Labute approximate surface area is 98.0 Å². The number of halogens is 1. The number of ether oxygens (including phenoxy) is 1. The fourth-order valence-corrected chi connectivity index (χ4v) is 1.17. The number of primary amides is 1. The van der Waals surface area contributed by atoms with Crippen LogP contribution in [0.5, 0.6) is 5.75 Å². The van der Waals surface area contributed by atoms with Crippen LogP contribution < -0.4 is 16.2 Å². The molecule has 0 atom stereocenters. The third kappa shape index (κ3) is 2.87. The molecule has 0 fully saturated rings. The summed E-state index contributed by atoms with van der Waals surface area (Å²) < 4.78 is 5.07. The van der Waals surface area contributed by atoms with E-state index < -0.39 is 5.91 Å². The lowest BCUT2D eigenvalue weighted by Crippen LogP contribution is -2.13. The van der Waals surface area contributed by atoms with Gasteiger partial charge in [-0.3, -0.25) is 4.79 Å². The van der Waals surface area contributed by atoms with Gasteiger partial charge in [-0.05, 0) is 18.2 Å². The van der Waals surface area contributed by atoms with Gasteiger partial charge in [0.05, 0.1) is 13.0 Å². The molecule has 0 saturated heterocycles. The summed E-state index contributed by atoms with van der Waals surface area (Å²) in [6.45, 7) is 0. The second-order valence-electron chi connectivity index (χ2n) is 2.99. The van der Waals surface area contributed by atoms with Gasteiger partial charge in [0, 0.05) is 5.56 Å². The van der Waals surface area contributed by atoms with E-state index in [1.54, 1.807) is 12.1 Å². The Morgan fingerprint density at radius 3 is 2.69 bits per heavy atom. The number of carbonyl (C=O) groups is 1.